The number of benzene rings is 2. The zero-order valence-electron chi connectivity index (χ0n) is 16.9. The van der Waals surface area contributed by atoms with Crippen LogP contribution in [0.5, 0.6) is 0 Å². The second-order valence-electron chi connectivity index (χ2n) is 6.95. The van der Waals surface area contributed by atoms with E-state index >= 15 is 0 Å². The highest BCUT2D eigenvalue weighted by Crippen LogP contribution is 2.20. The first-order chi connectivity index (χ1) is 15.5. The second-order valence-corrected chi connectivity index (χ2v) is 6.95. The monoisotopic (exact) mass is 431 g/mol. The van der Waals surface area contributed by atoms with Crippen molar-refractivity contribution in [3.63, 3.8) is 0 Å². The number of rotatable bonds is 6. The number of aromatic nitrogens is 3. The van der Waals surface area contributed by atoms with Gasteiger partial charge in [0.05, 0.1) is 5.56 Å². The van der Waals surface area contributed by atoms with Crippen LogP contribution in [0.15, 0.2) is 67.1 Å². The van der Waals surface area contributed by atoms with Crippen molar-refractivity contribution >= 4 is 40.3 Å². The van der Waals surface area contributed by atoms with Gasteiger partial charge in [0.2, 0.25) is 0 Å². The molecule has 0 aliphatic heterocycles. The number of hydrogen-bond donors (Lipinski definition) is 5. The summed E-state index contributed by atoms with van der Waals surface area (Å²) >= 11 is 0. The number of carbonyl (C=O) groups excluding carboxylic acids is 2. The Kier molecular flexibility index (Phi) is 5.95. The number of nitrogens with one attached hydrogen (secondary N) is 3. The molecule has 0 atom stereocenters. The molecule has 2 heterocycles. The Labute approximate surface area is 183 Å². The van der Waals surface area contributed by atoms with Gasteiger partial charge in [-0.15, -0.1) is 0 Å². The van der Waals surface area contributed by atoms with Gasteiger partial charge in [0, 0.05) is 29.9 Å². The van der Waals surface area contributed by atoms with Gasteiger partial charge in [-0.2, -0.15) is 5.10 Å². The second kappa shape index (κ2) is 9.14. The Balaban J connectivity index is 1.36. The molecule has 6 N–H and O–H groups in total. The van der Waals surface area contributed by atoms with Crippen molar-refractivity contribution in [1.82, 2.24) is 14.6 Å². The van der Waals surface area contributed by atoms with Crippen LogP contribution >= 0.6 is 0 Å². The Hall–Kier alpha value is -4.44. The standard InChI is InChI=1S/C22H21N7O3/c23-20-19-18(9-11-29(19)25-13-24-20)21(31)26-15-5-7-17(8-6-15)28-22(32)27-16-3-1-14(2-4-16)10-12-30/h1-9,11,13,30H,10,12H2,(H,26,31)(H2,23,24,25)(H2,27,28,32). The average molecular weight is 431 g/mol. The highest BCUT2D eigenvalue weighted by molar-refractivity contribution is 6.10. The number of nitrogen functional groups attached to an aromatic ring is 1. The van der Waals surface area contributed by atoms with Gasteiger partial charge in [-0.25, -0.2) is 14.3 Å². The zero-order valence-corrected chi connectivity index (χ0v) is 16.9. The number of hydrogen-bond acceptors (Lipinski definition) is 6. The quantitative estimate of drug-likeness (QED) is 0.317. The summed E-state index contributed by atoms with van der Waals surface area (Å²) in [5.41, 5.74) is 9.39. The molecule has 0 fully saturated rings. The third-order valence-corrected chi connectivity index (χ3v) is 4.74. The third kappa shape index (κ3) is 4.65. The molecule has 4 aromatic rings. The molecule has 0 radical (unpaired) electrons. The first-order valence-corrected chi connectivity index (χ1v) is 9.80. The highest BCUT2D eigenvalue weighted by atomic mass is 16.3. The van der Waals surface area contributed by atoms with E-state index in [4.69, 9.17) is 10.8 Å². The molecule has 162 valence electrons. The Morgan fingerprint density at radius 3 is 2.12 bits per heavy atom. The Morgan fingerprint density at radius 2 is 1.50 bits per heavy atom. The number of fused-ring (bicyclic) bond motifs is 1. The van der Waals surface area contributed by atoms with Crippen LogP contribution in [-0.2, 0) is 6.42 Å². The van der Waals surface area contributed by atoms with Gasteiger partial charge in [-0.3, -0.25) is 4.79 Å². The maximum absolute atomic E-state index is 12.6. The number of aliphatic hydroxyl groups is 1. The van der Waals surface area contributed by atoms with Gasteiger partial charge < -0.3 is 26.8 Å². The summed E-state index contributed by atoms with van der Waals surface area (Å²) in [7, 11) is 0. The van der Waals surface area contributed by atoms with E-state index in [0.29, 0.717) is 34.6 Å². The topological polar surface area (TPSA) is 147 Å². The largest absolute Gasteiger partial charge is 0.396 e. The smallest absolute Gasteiger partial charge is 0.323 e. The number of anilines is 4. The number of nitrogens with two attached hydrogens (primary N) is 1. The molecular weight excluding hydrogens is 410 g/mol. The minimum absolute atomic E-state index is 0.0779. The first-order valence-electron chi connectivity index (χ1n) is 9.80. The Bertz CT molecular complexity index is 1250. The van der Waals surface area contributed by atoms with E-state index in [2.05, 4.69) is 26.0 Å². The van der Waals surface area contributed by atoms with Crippen LogP contribution in [0, 0.1) is 0 Å². The molecule has 10 heteroatoms. The fourth-order valence-corrected chi connectivity index (χ4v) is 3.17. The maximum atomic E-state index is 12.6. The fourth-order valence-electron chi connectivity index (χ4n) is 3.17. The molecule has 4 rings (SSSR count). The van der Waals surface area contributed by atoms with E-state index in [1.807, 2.05) is 12.1 Å². The minimum atomic E-state index is -0.396. The summed E-state index contributed by atoms with van der Waals surface area (Å²) in [4.78, 5) is 28.8. The van der Waals surface area contributed by atoms with Crippen molar-refractivity contribution in [3.05, 3.63) is 78.2 Å². The van der Waals surface area contributed by atoms with Crippen LogP contribution in [0.3, 0.4) is 0 Å². The molecule has 0 saturated heterocycles. The van der Waals surface area contributed by atoms with E-state index in [9.17, 15) is 9.59 Å². The van der Waals surface area contributed by atoms with Gasteiger partial charge in [0.25, 0.3) is 5.91 Å². The molecular formula is C22H21N7O3. The lowest BCUT2D eigenvalue weighted by Gasteiger charge is -2.10. The van der Waals surface area contributed by atoms with E-state index in [-0.39, 0.29) is 18.3 Å². The van der Waals surface area contributed by atoms with Gasteiger partial charge in [-0.1, -0.05) is 12.1 Å². The maximum Gasteiger partial charge on any atom is 0.323 e. The summed E-state index contributed by atoms with van der Waals surface area (Å²) in [5.74, 6) is -0.138. The Morgan fingerprint density at radius 1 is 0.906 bits per heavy atom. The van der Waals surface area contributed by atoms with E-state index in [1.54, 1.807) is 48.7 Å². The number of amides is 3. The lowest BCUT2D eigenvalue weighted by Crippen LogP contribution is -2.19. The van der Waals surface area contributed by atoms with Crippen LogP contribution in [-0.4, -0.2) is 38.2 Å². The molecule has 0 bridgehead atoms. The number of carbonyl (C=O) groups is 2. The molecule has 0 aliphatic rings. The molecule has 0 saturated carbocycles. The summed E-state index contributed by atoms with van der Waals surface area (Å²) in [6.07, 6.45) is 3.52. The summed E-state index contributed by atoms with van der Waals surface area (Å²) < 4.78 is 1.49. The van der Waals surface area contributed by atoms with Crippen LogP contribution < -0.4 is 21.7 Å². The van der Waals surface area contributed by atoms with Crippen molar-refractivity contribution in [2.45, 2.75) is 6.42 Å². The summed E-state index contributed by atoms with van der Waals surface area (Å²) in [6, 6.07) is 15.2. The minimum Gasteiger partial charge on any atom is -0.396 e. The normalized spacial score (nSPS) is 10.7. The van der Waals surface area contributed by atoms with Crippen LogP contribution in [0.1, 0.15) is 15.9 Å². The zero-order chi connectivity index (χ0) is 22.5. The highest BCUT2D eigenvalue weighted by Gasteiger charge is 2.15. The van der Waals surface area contributed by atoms with E-state index in [0.717, 1.165) is 5.56 Å². The average Bonchev–Trinajstić information content (AvgIpc) is 3.22. The van der Waals surface area contributed by atoms with Crippen molar-refractivity contribution in [3.8, 4) is 0 Å². The number of aliphatic hydroxyl groups excluding tert-OH is 1. The molecule has 32 heavy (non-hydrogen) atoms. The fraction of sp³-hybridized carbons (Fsp3) is 0.0909. The van der Waals surface area contributed by atoms with Crippen molar-refractivity contribution in [1.29, 1.82) is 0 Å². The molecule has 0 spiro atoms. The van der Waals surface area contributed by atoms with Gasteiger partial charge in [0.1, 0.15) is 11.8 Å². The predicted octanol–water partition coefficient (Wildman–Crippen LogP) is 2.74. The van der Waals surface area contributed by atoms with Crippen LogP contribution in [0.4, 0.5) is 27.7 Å². The van der Waals surface area contributed by atoms with E-state index < -0.39 is 6.03 Å². The van der Waals surface area contributed by atoms with Gasteiger partial charge >= 0.3 is 6.03 Å². The van der Waals surface area contributed by atoms with E-state index in [1.165, 1.54) is 10.8 Å². The molecule has 3 amide bonds. The molecule has 2 aromatic carbocycles. The van der Waals surface area contributed by atoms with Crippen molar-refractivity contribution in [2.24, 2.45) is 0 Å². The molecule has 0 aliphatic carbocycles. The molecule has 10 nitrogen and oxygen atoms in total. The van der Waals surface area contributed by atoms with Crippen LogP contribution in [0.2, 0.25) is 0 Å². The third-order valence-electron chi connectivity index (χ3n) is 4.74. The van der Waals surface area contributed by atoms with Crippen LogP contribution in [0.25, 0.3) is 5.52 Å². The lowest BCUT2D eigenvalue weighted by atomic mass is 10.1. The lowest BCUT2D eigenvalue weighted by molar-refractivity contribution is 0.102. The molecule has 2 aromatic heterocycles. The summed E-state index contributed by atoms with van der Waals surface area (Å²) in [5, 5.41) is 21.2. The van der Waals surface area contributed by atoms with Gasteiger partial charge in [0.15, 0.2) is 5.82 Å². The SMILES string of the molecule is Nc1ncnn2ccc(C(=O)Nc3ccc(NC(=O)Nc4ccc(CCO)cc4)cc3)c12. The number of urea groups is 1. The number of nitrogens with zero attached hydrogens (tertiary/aromatic N) is 3. The van der Waals surface area contributed by atoms with Crippen molar-refractivity contribution in [2.75, 3.05) is 28.3 Å². The molecule has 0 unspecified atom stereocenters. The predicted molar refractivity (Wildman–Crippen MR) is 122 cm³/mol. The first kappa shape index (κ1) is 20.8. The van der Waals surface area contributed by atoms with Gasteiger partial charge in [-0.05, 0) is 54.4 Å². The van der Waals surface area contributed by atoms with Crippen molar-refractivity contribution < 1.29 is 14.7 Å². The summed E-state index contributed by atoms with van der Waals surface area (Å²) in [6.45, 7) is 0.0779.